The highest BCUT2D eigenvalue weighted by Crippen LogP contribution is 2.23. The molecule has 0 spiro atoms. The average Bonchev–Trinajstić information content (AvgIpc) is 2.81. The fraction of sp³-hybridized carbons (Fsp3) is 0.154. The monoisotopic (exact) mass is 231 g/mol. The lowest BCUT2D eigenvalue weighted by Gasteiger charge is -2.15. The predicted octanol–water partition coefficient (Wildman–Crippen LogP) is 3.05. The highest BCUT2D eigenvalue weighted by Gasteiger charge is 2.14. The Morgan fingerprint density at radius 3 is 2.50 bits per heavy atom. The number of thiophene rings is 1. The standard InChI is InChI=1S/C13H13NOS/c1-14(2)11-7-4-3-6-10(11)13(15)12-8-5-9-16-12/h3-9H,1-2H3. The number of para-hydroxylation sites is 1. The zero-order valence-corrected chi connectivity index (χ0v) is 10.1. The van der Waals surface area contributed by atoms with Crippen LogP contribution in [0.15, 0.2) is 41.8 Å². The van der Waals surface area contributed by atoms with Crippen molar-refractivity contribution in [2.24, 2.45) is 0 Å². The lowest BCUT2D eigenvalue weighted by molar-refractivity contribution is 0.104. The van der Waals surface area contributed by atoms with Crippen molar-refractivity contribution in [1.82, 2.24) is 0 Å². The van der Waals surface area contributed by atoms with Gasteiger partial charge < -0.3 is 4.90 Å². The van der Waals surface area contributed by atoms with Crippen molar-refractivity contribution in [3.05, 3.63) is 52.2 Å². The van der Waals surface area contributed by atoms with E-state index in [1.54, 1.807) is 0 Å². The molecule has 0 aliphatic rings. The van der Waals surface area contributed by atoms with Gasteiger partial charge in [0.2, 0.25) is 5.78 Å². The van der Waals surface area contributed by atoms with Crippen LogP contribution < -0.4 is 4.90 Å². The van der Waals surface area contributed by atoms with Crippen molar-refractivity contribution < 1.29 is 4.79 Å². The highest BCUT2D eigenvalue weighted by atomic mass is 32.1. The predicted molar refractivity (Wildman–Crippen MR) is 68.5 cm³/mol. The molecule has 2 rings (SSSR count). The number of nitrogens with zero attached hydrogens (tertiary/aromatic N) is 1. The lowest BCUT2D eigenvalue weighted by Crippen LogP contribution is -2.13. The van der Waals surface area contributed by atoms with Crippen molar-refractivity contribution in [1.29, 1.82) is 0 Å². The van der Waals surface area contributed by atoms with Crippen LogP contribution in [0.1, 0.15) is 15.2 Å². The normalized spacial score (nSPS) is 10.1. The first kappa shape index (κ1) is 10.9. The molecule has 1 aromatic carbocycles. The van der Waals surface area contributed by atoms with Gasteiger partial charge in [0.1, 0.15) is 0 Å². The summed E-state index contributed by atoms with van der Waals surface area (Å²) < 4.78 is 0. The first-order valence-electron chi connectivity index (χ1n) is 5.04. The number of anilines is 1. The van der Waals surface area contributed by atoms with Gasteiger partial charge in [0, 0.05) is 25.3 Å². The summed E-state index contributed by atoms with van der Waals surface area (Å²) in [5.74, 6) is 0.0966. The number of carbonyl (C=O) groups excluding carboxylic acids is 1. The van der Waals surface area contributed by atoms with Crippen LogP contribution in [0.25, 0.3) is 0 Å². The van der Waals surface area contributed by atoms with Crippen LogP contribution in [0, 0.1) is 0 Å². The van der Waals surface area contributed by atoms with E-state index in [0.29, 0.717) is 0 Å². The minimum Gasteiger partial charge on any atom is -0.377 e. The van der Waals surface area contributed by atoms with Gasteiger partial charge in [-0.2, -0.15) is 0 Å². The SMILES string of the molecule is CN(C)c1ccccc1C(=O)c1cccs1. The molecule has 1 aromatic heterocycles. The van der Waals surface area contributed by atoms with Gasteiger partial charge in [0.05, 0.1) is 4.88 Å². The Balaban J connectivity index is 2.44. The number of hydrogen-bond donors (Lipinski definition) is 0. The summed E-state index contributed by atoms with van der Waals surface area (Å²) in [7, 11) is 3.89. The van der Waals surface area contributed by atoms with E-state index in [9.17, 15) is 4.79 Å². The Kier molecular flexibility index (Phi) is 3.06. The van der Waals surface area contributed by atoms with Gasteiger partial charge in [0.25, 0.3) is 0 Å². The van der Waals surface area contributed by atoms with Gasteiger partial charge >= 0.3 is 0 Å². The van der Waals surface area contributed by atoms with Crippen LogP contribution in [0.3, 0.4) is 0 Å². The zero-order valence-electron chi connectivity index (χ0n) is 9.31. The van der Waals surface area contributed by atoms with Crippen molar-refractivity contribution in [2.75, 3.05) is 19.0 Å². The van der Waals surface area contributed by atoms with Crippen LogP contribution in [0.5, 0.6) is 0 Å². The Morgan fingerprint density at radius 2 is 1.88 bits per heavy atom. The van der Waals surface area contributed by atoms with E-state index < -0.39 is 0 Å². The third-order valence-corrected chi connectivity index (χ3v) is 3.24. The maximum Gasteiger partial charge on any atom is 0.205 e. The van der Waals surface area contributed by atoms with Crippen LogP contribution in [0.4, 0.5) is 5.69 Å². The van der Waals surface area contributed by atoms with Crippen molar-refractivity contribution in [3.8, 4) is 0 Å². The third-order valence-electron chi connectivity index (χ3n) is 2.38. The maximum absolute atomic E-state index is 12.2. The third kappa shape index (κ3) is 1.99. The molecule has 0 aliphatic heterocycles. The van der Waals surface area contributed by atoms with E-state index in [0.717, 1.165) is 16.1 Å². The van der Waals surface area contributed by atoms with E-state index in [4.69, 9.17) is 0 Å². The number of carbonyl (C=O) groups is 1. The van der Waals surface area contributed by atoms with Gasteiger partial charge in [-0.25, -0.2) is 0 Å². The van der Waals surface area contributed by atoms with E-state index in [2.05, 4.69) is 0 Å². The number of ketones is 1. The molecular formula is C13H13NOS. The molecule has 0 aliphatic carbocycles. The largest absolute Gasteiger partial charge is 0.377 e. The molecule has 0 atom stereocenters. The second-order valence-corrected chi connectivity index (χ2v) is 4.67. The Bertz CT molecular complexity index is 488. The van der Waals surface area contributed by atoms with Crippen LogP contribution >= 0.6 is 11.3 Å². The number of rotatable bonds is 3. The maximum atomic E-state index is 12.2. The minimum atomic E-state index is 0.0966. The van der Waals surface area contributed by atoms with Crippen LogP contribution in [-0.4, -0.2) is 19.9 Å². The topological polar surface area (TPSA) is 20.3 Å². The second-order valence-electron chi connectivity index (χ2n) is 3.72. The first-order chi connectivity index (χ1) is 7.70. The molecule has 0 saturated carbocycles. The zero-order chi connectivity index (χ0) is 11.5. The van der Waals surface area contributed by atoms with E-state index in [1.807, 2.05) is 60.8 Å². The van der Waals surface area contributed by atoms with Gasteiger partial charge in [-0.1, -0.05) is 18.2 Å². The molecule has 2 aromatic rings. The molecule has 82 valence electrons. The molecule has 3 heteroatoms. The summed E-state index contributed by atoms with van der Waals surface area (Å²) >= 11 is 1.48. The van der Waals surface area contributed by atoms with Gasteiger partial charge in [0.15, 0.2) is 0 Å². The van der Waals surface area contributed by atoms with Crippen molar-refractivity contribution >= 4 is 22.8 Å². The van der Waals surface area contributed by atoms with E-state index >= 15 is 0 Å². The molecule has 16 heavy (non-hydrogen) atoms. The highest BCUT2D eigenvalue weighted by molar-refractivity contribution is 7.12. The summed E-state index contributed by atoms with van der Waals surface area (Å²) in [4.78, 5) is 15.0. The van der Waals surface area contributed by atoms with Gasteiger partial charge in [-0.05, 0) is 23.6 Å². The molecular weight excluding hydrogens is 218 g/mol. The Labute approximate surface area is 99.1 Å². The molecule has 0 unspecified atom stereocenters. The minimum absolute atomic E-state index is 0.0966. The summed E-state index contributed by atoms with van der Waals surface area (Å²) in [5.41, 5.74) is 1.72. The Hall–Kier alpha value is -1.61. The molecule has 0 fully saturated rings. The molecule has 2 nitrogen and oxygen atoms in total. The molecule has 0 N–H and O–H groups in total. The quantitative estimate of drug-likeness (QED) is 0.757. The van der Waals surface area contributed by atoms with Crippen molar-refractivity contribution in [2.45, 2.75) is 0 Å². The Morgan fingerprint density at radius 1 is 1.12 bits per heavy atom. The first-order valence-corrected chi connectivity index (χ1v) is 5.92. The smallest absolute Gasteiger partial charge is 0.205 e. The number of hydrogen-bond acceptors (Lipinski definition) is 3. The van der Waals surface area contributed by atoms with E-state index in [1.165, 1.54) is 11.3 Å². The fourth-order valence-electron chi connectivity index (χ4n) is 1.60. The molecule has 0 bridgehead atoms. The molecule has 1 heterocycles. The van der Waals surface area contributed by atoms with E-state index in [-0.39, 0.29) is 5.78 Å². The fourth-order valence-corrected chi connectivity index (χ4v) is 2.27. The average molecular weight is 231 g/mol. The van der Waals surface area contributed by atoms with Crippen LogP contribution in [0.2, 0.25) is 0 Å². The van der Waals surface area contributed by atoms with Crippen LogP contribution in [-0.2, 0) is 0 Å². The van der Waals surface area contributed by atoms with Crippen molar-refractivity contribution in [3.63, 3.8) is 0 Å². The summed E-state index contributed by atoms with van der Waals surface area (Å²) in [5, 5.41) is 1.92. The summed E-state index contributed by atoms with van der Waals surface area (Å²) in [6.07, 6.45) is 0. The summed E-state index contributed by atoms with van der Waals surface area (Å²) in [6.45, 7) is 0. The molecule has 0 amide bonds. The molecule has 0 saturated heterocycles. The summed E-state index contributed by atoms with van der Waals surface area (Å²) in [6, 6.07) is 11.4. The number of benzene rings is 1. The second kappa shape index (κ2) is 4.49. The molecule has 0 radical (unpaired) electrons. The van der Waals surface area contributed by atoms with Gasteiger partial charge in [-0.3, -0.25) is 4.79 Å². The van der Waals surface area contributed by atoms with Gasteiger partial charge in [-0.15, -0.1) is 11.3 Å². The lowest BCUT2D eigenvalue weighted by atomic mass is 10.1.